The Morgan fingerprint density at radius 1 is 0.562 bits per heavy atom. The first-order chi connectivity index (χ1) is 15.9. The minimum atomic E-state index is 0.762. The first-order valence-corrected chi connectivity index (χ1v) is 12.4. The summed E-state index contributed by atoms with van der Waals surface area (Å²) in [6.07, 6.45) is 7.95. The van der Waals surface area contributed by atoms with Crippen molar-refractivity contribution >= 4 is 32.3 Å². The fourth-order valence-electron chi connectivity index (χ4n) is 7.46. The van der Waals surface area contributed by atoms with E-state index in [9.17, 15) is 0 Å². The predicted molar refractivity (Wildman–Crippen MR) is 136 cm³/mol. The molecule has 2 atom stereocenters. The van der Waals surface area contributed by atoms with Crippen molar-refractivity contribution < 1.29 is 0 Å². The Labute approximate surface area is 188 Å². The van der Waals surface area contributed by atoms with Gasteiger partial charge in [-0.3, -0.25) is 0 Å². The van der Waals surface area contributed by atoms with E-state index in [2.05, 4.69) is 72.8 Å². The van der Waals surface area contributed by atoms with Gasteiger partial charge in [0.15, 0.2) is 0 Å². The molecule has 5 aromatic rings. The lowest BCUT2D eigenvalue weighted by Gasteiger charge is -2.26. The molecule has 0 spiro atoms. The first kappa shape index (κ1) is 17.4. The number of hydrogen-bond acceptors (Lipinski definition) is 0. The van der Waals surface area contributed by atoms with E-state index in [4.69, 9.17) is 0 Å². The van der Waals surface area contributed by atoms with E-state index in [1.807, 2.05) is 0 Å². The summed E-state index contributed by atoms with van der Waals surface area (Å²) in [5.41, 5.74) is 9.16. The highest BCUT2D eigenvalue weighted by atomic mass is 14.4. The Morgan fingerprint density at radius 2 is 1.34 bits per heavy atom. The van der Waals surface area contributed by atoms with Crippen LogP contribution in [0.2, 0.25) is 0 Å². The Hall–Kier alpha value is -3.12. The highest BCUT2D eigenvalue weighted by Gasteiger charge is 2.36. The Balaban J connectivity index is 1.53. The monoisotopic (exact) mass is 410 g/mol. The molecule has 8 rings (SSSR count). The van der Waals surface area contributed by atoms with Gasteiger partial charge in [0.1, 0.15) is 0 Å². The molecule has 0 saturated heterocycles. The molecule has 0 N–H and O–H groups in total. The van der Waals surface area contributed by atoms with Crippen molar-refractivity contribution in [1.82, 2.24) is 0 Å². The average Bonchev–Trinajstić information content (AvgIpc) is 3.40. The third-order valence-electron chi connectivity index (χ3n) is 8.81. The van der Waals surface area contributed by atoms with E-state index in [0.29, 0.717) is 0 Å². The summed E-state index contributed by atoms with van der Waals surface area (Å²) >= 11 is 0. The van der Waals surface area contributed by atoms with Gasteiger partial charge in [0.25, 0.3) is 0 Å². The zero-order chi connectivity index (χ0) is 20.8. The second-order valence-electron chi connectivity index (χ2n) is 10.4. The number of fused-ring (bicyclic) bond motifs is 13. The van der Waals surface area contributed by atoms with Gasteiger partial charge in [-0.15, -0.1) is 0 Å². The smallest absolute Gasteiger partial charge is 0.00132 e. The van der Waals surface area contributed by atoms with E-state index in [-0.39, 0.29) is 0 Å². The Morgan fingerprint density at radius 3 is 2.31 bits per heavy atom. The molecule has 0 nitrogen and oxygen atoms in total. The van der Waals surface area contributed by atoms with E-state index in [1.54, 1.807) is 16.5 Å². The molecule has 0 radical (unpaired) electrons. The topological polar surface area (TPSA) is 0 Å². The molecule has 0 heterocycles. The van der Waals surface area contributed by atoms with Crippen LogP contribution in [0.5, 0.6) is 0 Å². The van der Waals surface area contributed by atoms with Gasteiger partial charge in [-0.25, -0.2) is 0 Å². The first-order valence-electron chi connectivity index (χ1n) is 12.4. The van der Waals surface area contributed by atoms with Crippen LogP contribution in [0.3, 0.4) is 0 Å². The molecular formula is C32H26. The minimum Gasteiger partial charge on any atom is -0.0619 e. The van der Waals surface area contributed by atoms with Crippen LogP contribution in [0.25, 0.3) is 43.4 Å². The molecule has 1 fully saturated rings. The van der Waals surface area contributed by atoms with Gasteiger partial charge in [-0.05, 0) is 115 Å². The van der Waals surface area contributed by atoms with Crippen molar-refractivity contribution in [1.29, 1.82) is 0 Å². The summed E-state index contributed by atoms with van der Waals surface area (Å²) in [5.74, 6) is 1.63. The van der Waals surface area contributed by atoms with E-state index in [1.165, 1.54) is 81.3 Å². The highest BCUT2D eigenvalue weighted by molar-refractivity contribution is 6.27. The van der Waals surface area contributed by atoms with Crippen LogP contribution in [0, 0.1) is 5.92 Å². The van der Waals surface area contributed by atoms with Crippen molar-refractivity contribution in [3.8, 4) is 11.1 Å². The highest BCUT2D eigenvalue weighted by Crippen LogP contribution is 2.52. The zero-order valence-corrected chi connectivity index (χ0v) is 18.3. The summed E-state index contributed by atoms with van der Waals surface area (Å²) in [5, 5.41) is 8.80. The summed E-state index contributed by atoms with van der Waals surface area (Å²) in [7, 11) is 0. The van der Waals surface area contributed by atoms with Crippen molar-refractivity contribution in [3.05, 3.63) is 95.1 Å². The lowest BCUT2D eigenvalue weighted by Crippen LogP contribution is -2.13. The van der Waals surface area contributed by atoms with Crippen LogP contribution >= 0.6 is 0 Å². The molecule has 154 valence electrons. The summed E-state index contributed by atoms with van der Waals surface area (Å²) in [4.78, 5) is 0. The summed E-state index contributed by atoms with van der Waals surface area (Å²) in [6.45, 7) is 0. The van der Waals surface area contributed by atoms with Gasteiger partial charge in [0.2, 0.25) is 0 Å². The molecule has 2 unspecified atom stereocenters. The van der Waals surface area contributed by atoms with Crippen molar-refractivity contribution in [2.45, 2.75) is 44.4 Å². The van der Waals surface area contributed by atoms with E-state index < -0.39 is 0 Å². The molecule has 3 aliphatic rings. The number of benzene rings is 5. The fourth-order valence-corrected chi connectivity index (χ4v) is 7.46. The molecule has 0 aromatic heterocycles. The molecule has 0 amide bonds. The van der Waals surface area contributed by atoms with Gasteiger partial charge in [0.05, 0.1) is 0 Å². The number of rotatable bonds is 0. The maximum Gasteiger partial charge on any atom is -0.00132 e. The van der Waals surface area contributed by atoms with Crippen molar-refractivity contribution in [3.63, 3.8) is 0 Å². The Kier molecular flexibility index (Phi) is 3.39. The van der Waals surface area contributed by atoms with E-state index >= 15 is 0 Å². The third-order valence-corrected chi connectivity index (χ3v) is 8.81. The van der Waals surface area contributed by atoms with Gasteiger partial charge >= 0.3 is 0 Å². The van der Waals surface area contributed by atoms with Gasteiger partial charge in [-0.1, -0.05) is 73.5 Å². The lowest BCUT2D eigenvalue weighted by atomic mass is 9.78. The molecule has 0 aliphatic heterocycles. The maximum absolute atomic E-state index is 2.52. The molecule has 32 heavy (non-hydrogen) atoms. The fraction of sp³-hybridized carbons (Fsp3) is 0.250. The van der Waals surface area contributed by atoms with Crippen molar-refractivity contribution in [2.75, 3.05) is 0 Å². The average molecular weight is 411 g/mol. The second-order valence-corrected chi connectivity index (χ2v) is 10.4. The van der Waals surface area contributed by atoms with Crippen LogP contribution in [0.1, 0.15) is 53.9 Å². The van der Waals surface area contributed by atoms with Crippen molar-refractivity contribution in [2.24, 2.45) is 5.92 Å². The molecule has 0 bridgehead atoms. The SMILES string of the molecule is c1ccc2c(c1)Cc1cc3c4ccccc4c4c5c(ccc4c3cc1-2)CC1CCCCC51. The number of hydrogen-bond donors (Lipinski definition) is 0. The predicted octanol–water partition coefficient (Wildman–Crippen LogP) is 8.55. The van der Waals surface area contributed by atoms with Gasteiger partial charge in [0, 0.05) is 0 Å². The molecule has 1 saturated carbocycles. The minimum absolute atomic E-state index is 0.762. The van der Waals surface area contributed by atoms with Crippen LogP contribution in [0.15, 0.2) is 72.8 Å². The van der Waals surface area contributed by atoms with Crippen LogP contribution in [-0.2, 0) is 12.8 Å². The lowest BCUT2D eigenvalue weighted by molar-refractivity contribution is 0.331. The van der Waals surface area contributed by atoms with E-state index in [0.717, 1.165) is 18.3 Å². The van der Waals surface area contributed by atoms with Crippen LogP contribution in [-0.4, -0.2) is 0 Å². The van der Waals surface area contributed by atoms with Crippen LogP contribution in [0.4, 0.5) is 0 Å². The summed E-state index contributed by atoms with van der Waals surface area (Å²) in [6, 6.07) is 28.1. The van der Waals surface area contributed by atoms with Crippen LogP contribution < -0.4 is 0 Å². The normalized spacial score (nSPS) is 21.0. The van der Waals surface area contributed by atoms with Gasteiger partial charge in [-0.2, -0.15) is 0 Å². The molecular weight excluding hydrogens is 384 g/mol. The zero-order valence-electron chi connectivity index (χ0n) is 18.3. The third kappa shape index (κ3) is 2.18. The summed E-state index contributed by atoms with van der Waals surface area (Å²) < 4.78 is 0. The molecule has 0 heteroatoms. The Bertz CT molecular complexity index is 1590. The molecule has 5 aromatic carbocycles. The standard InChI is InChI=1S/C32H26/c1-3-9-23-19(7-1)16-22-17-29-25-11-5-6-12-26(25)32-27(30(29)18-28(22)23)14-13-21-15-20-8-2-4-10-24(20)31(21)32/h1,3,5-7,9,11-14,17-18,20,24H,2,4,8,10,15-16H2. The molecule has 3 aliphatic carbocycles. The maximum atomic E-state index is 2.52. The second kappa shape index (κ2) is 6.23. The quantitative estimate of drug-likeness (QED) is 0.220. The van der Waals surface area contributed by atoms with Gasteiger partial charge < -0.3 is 0 Å². The largest absolute Gasteiger partial charge is 0.0619 e.